The summed E-state index contributed by atoms with van der Waals surface area (Å²) in [5.74, 6) is -1.45. The van der Waals surface area contributed by atoms with Crippen molar-refractivity contribution >= 4 is 10.9 Å². The number of benzene rings is 2. The largest absolute Gasteiger partial charge is 0.393 e. The Kier molecular flexibility index (Phi) is 7.26. The normalized spacial score (nSPS) is 15.0. The minimum atomic E-state index is -4.10. The standard InChI is InChI=1S/C15H11F2N.C10H16F3N/c1-9-6-11-8-14(18-15(11)13(17)7-9)10-2-4-12(16)5-3-10;1-7(10(11,12)13)6-14-8(2)9-4-3-5-9/h2-8,18H,1H3;7,9,14H,2-6H2,1H3. The molecule has 1 aliphatic carbocycles. The van der Waals surface area contributed by atoms with Crippen LogP contribution >= 0.6 is 0 Å². The van der Waals surface area contributed by atoms with E-state index in [0.29, 0.717) is 11.4 Å². The second-order valence-corrected chi connectivity index (χ2v) is 8.38. The molecule has 0 saturated heterocycles. The lowest BCUT2D eigenvalue weighted by atomic mass is 9.83. The molecule has 1 fully saturated rings. The number of rotatable bonds is 5. The first kappa shape index (κ1) is 23.8. The Morgan fingerprint density at radius 1 is 1.12 bits per heavy atom. The van der Waals surface area contributed by atoms with Crippen LogP contribution in [-0.2, 0) is 0 Å². The Morgan fingerprint density at radius 2 is 1.78 bits per heavy atom. The lowest BCUT2D eigenvalue weighted by Gasteiger charge is -2.29. The van der Waals surface area contributed by atoms with E-state index >= 15 is 0 Å². The van der Waals surface area contributed by atoms with Crippen LogP contribution in [0.15, 0.2) is 54.7 Å². The molecule has 0 bridgehead atoms. The Bertz CT molecular complexity index is 1060. The highest BCUT2D eigenvalue weighted by molar-refractivity contribution is 5.86. The predicted molar refractivity (Wildman–Crippen MR) is 118 cm³/mol. The Hall–Kier alpha value is -2.83. The predicted octanol–water partition coefficient (Wildman–Crippen LogP) is 7.51. The number of fused-ring (bicyclic) bond motifs is 1. The fraction of sp³-hybridized carbons (Fsp3) is 0.360. The van der Waals surface area contributed by atoms with Gasteiger partial charge in [0.15, 0.2) is 0 Å². The van der Waals surface area contributed by atoms with E-state index in [9.17, 15) is 22.0 Å². The van der Waals surface area contributed by atoms with Crippen LogP contribution < -0.4 is 5.32 Å². The van der Waals surface area contributed by atoms with Crippen LogP contribution in [0, 0.1) is 30.4 Å². The van der Waals surface area contributed by atoms with Crippen molar-refractivity contribution in [2.45, 2.75) is 39.3 Å². The van der Waals surface area contributed by atoms with E-state index in [2.05, 4.69) is 16.9 Å². The molecule has 0 radical (unpaired) electrons. The van der Waals surface area contributed by atoms with Crippen LogP contribution in [0.1, 0.15) is 31.7 Å². The topological polar surface area (TPSA) is 27.8 Å². The zero-order valence-corrected chi connectivity index (χ0v) is 18.1. The van der Waals surface area contributed by atoms with Crippen molar-refractivity contribution in [3.05, 3.63) is 71.9 Å². The number of H-pyrrole nitrogens is 1. The first-order chi connectivity index (χ1) is 15.0. The molecular weight excluding hydrogens is 423 g/mol. The van der Waals surface area contributed by atoms with Crippen molar-refractivity contribution in [2.75, 3.05) is 6.54 Å². The van der Waals surface area contributed by atoms with E-state index in [4.69, 9.17) is 0 Å². The number of halogens is 5. The van der Waals surface area contributed by atoms with E-state index < -0.39 is 12.1 Å². The lowest BCUT2D eigenvalue weighted by Crippen LogP contribution is -2.33. The molecule has 172 valence electrons. The van der Waals surface area contributed by atoms with Crippen LogP contribution in [0.5, 0.6) is 0 Å². The third-order valence-corrected chi connectivity index (χ3v) is 5.77. The maximum Gasteiger partial charge on any atom is 0.393 e. The van der Waals surface area contributed by atoms with Crippen molar-refractivity contribution in [3.8, 4) is 11.3 Å². The molecular formula is C25H27F5N2. The Morgan fingerprint density at radius 3 is 2.34 bits per heavy atom. The molecule has 32 heavy (non-hydrogen) atoms. The molecule has 1 saturated carbocycles. The molecule has 3 aromatic rings. The summed E-state index contributed by atoms with van der Waals surface area (Å²) in [4.78, 5) is 3.03. The van der Waals surface area contributed by atoms with Crippen LogP contribution in [0.3, 0.4) is 0 Å². The van der Waals surface area contributed by atoms with Crippen LogP contribution in [0.2, 0.25) is 0 Å². The summed E-state index contributed by atoms with van der Waals surface area (Å²) >= 11 is 0. The summed E-state index contributed by atoms with van der Waals surface area (Å²) in [6.07, 6.45) is -0.814. The van der Waals surface area contributed by atoms with Gasteiger partial charge in [-0.3, -0.25) is 0 Å². The van der Waals surface area contributed by atoms with Gasteiger partial charge in [-0.1, -0.05) is 19.9 Å². The Labute approximate surface area is 184 Å². The van der Waals surface area contributed by atoms with E-state index in [1.165, 1.54) is 31.5 Å². The monoisotopic (exact) mass is 450 g/mol. The lowest BCUT2D eigenvalue weighted by molar-refractivity contribution is -0.167. The van der Waals surface area contributed by atoms with Gasteiger partial charge in [-0.05, 0) is 79.3 Å². The molecule has 1 aliphatic rings. The molecule has 1 aromatic heterocycles. The van der Waals surface area contributed by atoms with Crippen LogP contribution in [-0.4, -0.2) is 17.7 Å². The van der Waals surface area contributed by atoms with E-state index in [-0.39, 0.29) is 18.2 Å². The molecule has 1 heterocycles. The summed E-state index contributed by atoms with van der Waals surface area (Å²) in [5, 5.41) is 3.60. The van der Waals surface area contributed by atoms with Crippen LogP contribution in [0.4, 0.5) is 22.0 Å². The van der Waals surface area contributed by atoms with Gasteiger partial charge in [0.1, 0.15) is 11.6 Å². The quantitative estimate of drug-likeness (QED) is 0.387. The molecule has 4 rings (SSSR count). The minimum absolute atomic E-state index is 0.0567. The van der Waals surface area contributed by atoms with Gasteiger partial charge in [0, 0.05) is 23.3 Å². The highest BCUT2D eigenvalue weighted by atomic mass is 19.4. The van der Waals surface area contributed by atoms with Gasteiger partial charge in [0.2, 0.25) is 0 Å². The molecule has 0 amide bonds. The number of allylic oxidation sites excluding steroid dienone is 1. The molecule has 0 spiro atoms. The number of nitrogens with one attached hydrogen (secondary N) is 2. The highest BCUT2D eigenvalue weighted by Crippen LogP contribution is 2.32. The molecule has 7 heteroatoms. The minimum Gasteiger partial charge on any atom is -0.388 e. The fourth-order valence-corrected chi connectivity index (χ4v) is 3.43. The van der Waals surface area contributed by atoms with Crippen molar-refractivity contribution in [1.82, 2.24) is 10.3 Å². The third kappa shape index (κ3) is 5.90. The number of aromatic amines is 1. The van der Waals surface area contributed by atoms with Gasteiger partial charge >= 0.3 is 6.18 Å². The zero-order valence-electron chi connectivity index (χ0n) is 18.1. The summed E-state index contributed by atoms with van der Waals surface area (Å²) in [6, 6.07) is 11.4. The molecule has 1 unspecified atom stereocenters. The maximum atomic E-state index is 13.7. The second-order valence-electron chi connectivity index (χ2n) is 8.38. The maximum absolute atomic E-state index is 13.7. The average Bonchev–Trinajstić information content (AvgIpc) is 3.09. The molecule has 0 aliphatic heterocycles. The first-order valence-corrected chi connectivity index (χ1v) is 10.6. The molecule has 1 atom stereocenters. The van der Waals surface area contributed by atoms with Gasteiger partial charge in [-0.2, -0.15) is 13.2 Å². The van der Waals surface area contributed by atoms with Gasteiger partial charge in [-0.15, -0.1) is 0 Å². The first-order valence-electron chi connectivity index (χ1n) is 10.6. The third-order valence-electron chi connectivity index (χ3n) is 5.77. The fourth-order valence-electron chi connectivity index (χ4n) is 3.43. The summed E-state index contributed by atoms with van der Waals surface area (Å²) in [6.45, 7) is 6.73. The number of aromatic nitrogens is 1. The van der Waals surface area contributed by atoms with Gasteiger partial charge < -0.3 is 10.3 Å². The molecule has 2 aromatic carbocycles. The molecule has 2 N–H and O–H groups in total. The average molecular weight is 450 g/mol. The molecule has 2 nitrogen and oxygen atoms in total. The number of hydrogen-bond acceptors (Lipinski definition) is 1. The number of alkyl halides is 3. The Balaban J connectivity index is 0.000000188. The number of aryl methyl sites for hydroxylation is 1. The van der Waals surface area contributed by atoms with Crippen LogP contribution in [0.25, 0.3) is 22.2 Å². The summed E-state index contributed by atoms with van der Waals surface area (Å²) in [5.41, 5.74) is 3.76. The van der Waals surface area contributed by atoms with Crippen molar-refractivity contribution in [3.63, 3.8) is 0 Å². The van der Waals surface area contributed by atoms with Crippen molar-refractivity contribution in [1.29, 1.82) is 0 Å². The van der Waals surface area contributed by atoms with Gasteiger partial charge in [-0.25, -0.2) is 8.78 Å². The van der Waals surface area contributed by atoms with E-state index in [0.717, 1.165) is 40.7 Å². The summed E-state index contributed by atoms with van der Waals surface area (Å²) in [7, 11) is 0. The van der Waals surface area contributed by atoms with Gasteiger partial charge in [0.25, 0.3) is 0 Å². The zero-order chi connectivity index (χ0) is 23.5. The SMILES string of the molecule is C=C(NCC(C)C(F)(F)F)C1CCC1.Cc1cc(F)c2[nH]c(-c3ccc(F)cc3)cc2c1. The summed E-state index contributed by atoms with van der Waals surface area (Å²) < 4.78 is 63.0. The van der Waals surface area contributed by atoms with Crippen molar-refractivity contribution in [2.24, 2.45) is 11.8 Å². The van der Waals surface area contributed by atoms with Gasteiger partial charge in [0.05, 0.1) is 11.4 Å². The second kappa shape index (κ2) is 9.76. The number of hydrogen-bond donors (Lipinski definition) is 2. The van der Waals surface area contributed by atoms with Crippen molar-refractivity contribution < 1.29 is 22.0 Å². The van der Waals surface area contributed by atoms with E-state index in [1.807, 2.05) is 19.1 Å². The highest BCUT2D eigenvalue weighted by Gasteiger charge is 2.35. The van der Waals surface area contributed by atoms with E-state index in [1.54, 1.807) is 12.1 Å². The smallest absolute Gasteiger partial charge is 0.388 e.